The van der Waals surface area contributed by atoms with Gasteiger partial charge in [0.2, 0.25) is 0 Å². The summed E-state index contributed by atoms with van der Waals surface area (Å²) in [6.07, 6.45) is 9.58. The lowest BCUT2D eigenvalue weighted by atomic mass is 9.90. The van der Waals surface area contributed by atoms with Crippen molar-refractivity contribution in [3.8, 4) is 16.9 Å². The smallest absolute Gasteiger partial charge is 0.354 e. The summed E-state index contributed by atoms with van der Waals surface area (Å²) in [5.74, 6) is -0.00842. The molecule has 0 amide bonds. The molecule has 3 atom stereocenters. The number of benzene rings is 2. The lowest BCUT2D eigenvalue weighted by molar-refractivity contribution is 0.104. The van der Waals surface area contributed by atoms with E-state index in [1.807, 2.05) is 30.0 Å². The number of hydrogen-bond acceptors (Lipinski definition) is 5. The number of H-pyrrole nitrogens is 1. The first-order valence-corrected chi connectivity index (χ1v) is 16.6. The van der Waals surface area contributed by atoms with E-state index in [2.05, 4.69) is 40.6 Å². The van der Waals surface area contributed by atoms with Crippen molar-refractivity contribution in [3.05, 3.63) is 93.8 Å². The number of amidine groups is 1. The van der Waals surface area contributed by atoms with Crippen molar-refractivity contribution in [3.63, 3.8) is 0 Å². The van der Waals surface area contributed by atoms with Gasteiger partial charge in [-0.05, 0) is 100 Å². The maximum atomic E-state index is 15.2. The Balaban J connectivity index is 1.33. The topological polar surface area (TPSA) is 107 Å². The number of aromatic nitrogens is 3. The molecule has 1 aliphatic heterocycles. The van der Waals surface area contributed by atoms with Gasteiger partial charge in [-0.3, -0.25) is 14.9 Å². The van der Waals surface area contributed by atoms with E-state index in [9.17, 15) is 9.18 Å². The largest absolute Gasteiger partial charge is 0.357 e. The zero-order valence-electron chi connectivity index (χ0n) is 27.1. The Morgan fingerprint density at radius 3 is 2.74 bits per heavy atom. The minimum Gasteiger partial charge on any atom is -0.357 e. The molecule has 3 heterocycles. The molecule has 5 rings (SSSR count). The van der Waals surface area contributed by atoms with Gasteiger partial charge in [0.05, 0.1) is 22.2 Å². The Hall–Kier alpha value is -3.86. The second kappa shape index (κ2) is 15.4. The Morgan fingerprint density at radius 1 is 1.28 bits per heavy atom. The maximum Gasteiger partial charge on any atom is 0.354 e. The van der Waals surface area contributed by atoms with Crippen molar-refractivity contribution in [2.75, 3.05) is 26.8 Å². The molecule has 1 fully saturated rings. The number of aryl methyl sites for hydroxylation is 1. The third kappa shape index (κ3) is 8.00. The lowest BCUT2D eigenvalue weighted by Gasteiger charge is -2.41. The van der Waals surface area contributed by atoms with E-state index in [-0.39, 0.29) is 16.6 Å². The van der Waals surface area contributed by atoms with Crippen molar-refractivity contribution in [1.82, 2.24) is 24.3 Å². The van der Waals surface area contributed by atoms with E-state index in [4.69, 9.17) is 22.7 Å². The fraction of sp³-hybridized carbons (Fsp3) is 0.417. The highest BCUT2D eigenvalue weighted by molar-refractivity contribution is 6.31. The fourth-order valence-corrected chi connectivity index (χ4v) is 6.87. The molecule has 0 bridgehead atoms. The van der Waals surface area contributed by atoms with E-state index >= 15 is 4.39 Å². The van der Waals surface area contributed by atoms with Crippen LogP contribution in [0.4, 0.5) is 8.78 Å². The van der Waals surface area contributed by atoms with Crippen LogP contribution in [0.3, 0.4) is 0 Å². The SMILES string of the molecule is C=CCN(CC[C@@H]1CCC[C@@H](c2ccc(-n3cc4cc(-c5cc(CCC[C@@H](N)CF)cc(Cl)c5F)[nH]c4nc3=O)cc2)N1C)C(C)=N. The molecule has 1 saturated heterocycles. The molecular weight excluding hydrogens is 620 g/mol. The minimum absolute atomic E-state index is 0.00960. The molecule has 2 aromatic heterocycles. The van der Waals surface area contributed by atoms with Crippen LogP contribution in [-0.4, -0.2) is 69.1 Å². The summed E-state index contributed by atoms with van der Waals surface area (Å²) in [5.41, 5.74) is 9.03. The number of rotatable bonds is 13. The van der Waals surface area contributed by atoms with Crippen LogP contribution in [0.1, 0.15) is 62.6 Å². The van der Waals surface area contributed by atoms with Gasteiger partial charge in [-0.15, -0.1) is 6.58 Å². The Labute approximate surface area is 279 Å². The van der Waals surface area contributed by atoms with E-state index < -0.39 is 24.2 Å². The summed E-state index contributed by atoms with van der Waals surface area (Å²) in [4.78, 5) is 25.0. The number of fused-ring (bicyclic) bond motifs is 1. The van der Waals surface area contributed by atoms with Crippen LogP contribution < -0.4 is 11.4 Å². The highest BCUT2D eigenvalue weighted by Crippen LogP contribution is 2.35. The molecule has 0 saturated carbocycles. The molecule has 1 aliphatic rings. The fourth-order valence-electron chi connectivity index (χ4n) is 6.63. The summed E-state index contributed by atoms with van der Waals surface area (Å²) < 4.78 is 29.4. The normalized spacial score (nSPS) is 17.6. The molecule has 4 N–H and O–H groups in total. The molecule has 250 valence electrons. The zero-order chi connectivity index (χ0) is 33.7. The first-order valence-electron chi connectivity index (χ1n) is 16.2. The molecule has 4 aromatic rings. The first kappa shape index (κ1) is 34.5. The Kier molecular flexibility index (Phi) is 11.3. The third-order valence-corrected chi connectivity index (χ3v) is 9.59. The number of nitrogens with zero attached hydrogens (tertiary/aromatic N) is 4. The van der Waals surface area contributed by atoms with Crippen LogP contribution in [0.5, 0.6) is 0 Å². The van der Waals surface area contributed by atoms with Crippen LogP contribution in [0.15, 0.2) is 66.1 Å². The molecule has 8 nitrogen and oxygen atoms in total. The van der Waals surface area contributed by atoms with Gasteiger partial charge in [-0.2, -0.15) is 4.98 Å². The predicted molar refractivity (Wildman–Crippen MR) is 187 cm³/mol. The van der Waals surface area contributed by atoms with Gasteiger partial charge in [0.25, 0.3) is 0 Å². The lowest BCUT2D eigenvalue weighted by Crippen LogP contribution is -2.41. The standard InChI is InChI=1S/C36H44ClF2N7O/c1-4-16-45(23(2)40)17-15-28-9-6-10-33(44(28)3)25-11-13-29(14-12-25)46-22-26-20-32(42-35(26)43-36(46)47)30-18-24(19-31(37)34(30)39)7-5-8-27(41)21-38/h4,11-14,18-20,22,27-28,33,40H,1,5-10,15-17,21,41H2,2-3H3,(H,42,43,47)/t27-,28+,33+/m1/s1. The monoisotopic (exact) mass is 663 g/mol. The van der Waals surface area contributed by atoms with E-state index in [1.54, 1.807) is 24.4 Å². The van der Waals surface area contributed by atoms with Gasteiger partial charge >= 0.3 is 5.69 Å². The van der Waals surface area contributed by atoms with Crippen LogP contribution in [-0.2, 0) is 6.42 Å². The molecule has 2 aromatic carbocycles. The zero-order valence-corrected chi connectivity index (χ0v) is 27.9. The number of alkyl halides is 1. The maximum absolute atomic E-state index is 15.2. The van der Waals surface area contributed by atoms with Crippen LogP contribution in [0.2, 0.25) is 5.02 Å². The minimum atomic E-state index is -0.578. The number of hydrogen-bond donors (Lipinski definition) is 3. The van der Waals surface area contributed by atoms with Crippen molar-refractivity contribution in [2.24, 2.45) is 5.73 Å². The van der Waals surface area contributed by atoms with Crippen LogP contribution in [0, 0.1) is 11.2 Å². The summed E-state index contributed by atoms with van der Waals surface area (Å²) in [5, 5.41) is 8.69. The second-order valence-electron chi connectivity index (χ2n) is 12.6. The average Bonchev–Trinajstić information content (AvgIpc) is 3.47. The van der Waals surface area contributed by atoms with Crippen molar-refractivity contribution >= 4 is 28.5 Å². The Morgan fingerprint density at radius 2 is 2.04 bits per heavy atom. The van der Waals surface area contributed by atoms with Crippen molar-refractivity contribution in [1.29, 1.82) is 5.41 Å². The quantitative estimate of drug-likeness (QED) is 0.0797. The van der Waals surface area contributed by atoms with Gasteiger partial charge in [0.15, 0.2) is 5.82 Å². The number of halogens is 3. The highest BCUT2D eigenvalue weighted by Gasteiger charge is 2.29. The number of piperidine rings is 1. The first-order chi connectivity index (χ1) is 22.6. The van der Waals surface area contributed by atoms with Gasteiger partial charge in [0, 0.05) is 48.4 Å². The summed E-state index contributed by atoms with van der Waals surface area (Å²) in [6, 6.07) is 13.3. The number of nitrogens with one attached hydrogen (secondary N) is 2. The molecule has 0 radical (unpaired) electrons. The molecule has 0 spiro atoms. The van der Waals surface area contributed by atoms with Crippen LogP contribution in [0.25, 0.3) is 28.0 Å². The molecule has 47 heavy (non-hydrogen) atoms. The average molecular weight is 664 g/mol. The molecule has 0 unspecified atom stereocenters. The van der Waals surface area contributed by atoms with Crippen molar-refractivity contribution < 1.29 is 8.78 Å². The van der Waals surface area contributed by atoms with Crippen molar-refractivity contribution in [2.45, 2.75) is 70.0 Å². The van der Waals surface area contributed by atoms with E-state index in [0.29, 0.717) is 60.1 Å². The molecule has 11 heteroatoms. The van der Waals surface area contributed by atoms with E-state index in [0.717, 1.165) is 37.8 Å². The van der Waals surface area contributed by atoms with Gasteiger partial charge < -0.3 is 15.6 Å². The number of aromatic amines is 1. The summed E-state index contributed by atoms with van der Waals surface area (Å²) in [6.45, 7) is 6.57. The van der Waals surface area contributed by atoms with E-state index in [1.165, 1.54) is 10.1 Å². The molecular formula is C36H44ClF2N7O. The summed E-state index contributed by atoms with van der Waals surface area (Å²) >= 11 is 6.24. The third-order valence-electron chi connectivity index (χ3n) is 9.32. The highest BCUT2D eigenvalue weighted by atomic mass is 35.5. The Bertz CT molecular complexity index is 1770. The van der Waals surface area contributed by atoms with Crippen LogP contribution >= 0.6 is 11.6 Å². The number of nitrogens with two attached hydrogens (primary N) is 1. The number of likely N-dealkylation sites (tertiary alicyclic amines) is 1. The predicted octanol–water partition coefficient (Wildman–Crippen LogP) is 7.19. The van der Waals surface area contributed by atoms with Gasteiger partial charge in [-0.25, -0.2) is 13.6 Å². The summed E-state index contributed by atoms with van der Waals surface area (Å²) in [7, 11) is 2.18. The van der Waals surface area contributed by atoms with Gasteiger partial charge in [0.1, 0.15) is 12.3 Å². The van der Waals surface area contributed by atoms with Gasteiger partial charge in [-0.1, -0.05) is 29.8 Å². The second-order valence-corrected chi connectivity index (χ2v) is 13.0. The molecule has 0 aliphatic carbocycles.